The molecule has 2 aliphatic rings. The first-order chi connectivity index (χ1) is 15.1. The van der Waals surface area contributed by atoms with Crippen molar-refractivity contribution in [1.82, 2.24) is 24.9 Å². The van der Waals surface area contributed by atoms with Gasteiger partial charge >= 0.3 is 0 Å². The van der Waals surface area contributed by atoms with Crippen molar-refractivity contribution in [2.75, 3.05) is 39.3 Å². The number of hydrogen-bond donors (Lipinski definition) is 1. The molecule has 0 radical (unpaired) electrons. The molecule has 2 aliphatic heterocycles. The quantitative estimate of drug-likeness (QED) is 0.570. The van der Waals surface area contributed by atoms with Crippen LogP contribution in [0, 0.1) is 5.92 Å². The highest BCUT2D eigenvalue weighted by molar-refractivity contribution is 5.80. The van der Waals surface area contributed by atoms with Crippen molar-refractivity contribution >= 4 is 5.96 Å². The number of aliphatic imine (C=N–C) groups is 1. The van der Waals surface area contributed by atoms with E-state index in [-0.39, 0.29) is 0 Å². The third-order valence-electron chi connectivity index (χ3n) is 6.88. The number of aromatic nitrogens is 2. The van der Waals surface area contributed by atoms with Gasteiger partial charge in [0.25, 0.3) is 0 Å². The van der Waals surface area contributed by atoms with Crippen molar-refractivity contribution in [3.8, 4) is 0 Å². The lowest BCUT2D eigenvalue weighted by molar-refractivity contribution is 0.141. The molecule has 4 rings (SSSR count). The highest BCUT2D eigenvalue weighted by Crippen LogP contribution is 2.29. The van der Waals surface area contributed by atoms with Crippen molar-refractivity contribution < 1.29 is 0 Å². The molecular weight excluding hydrogens is 384 g/mol. The van der Waals surface area contributed by atoms with Gasteiger partial charge in [-0.15, -0.1) is 0 Å². The maximum atomic E-state index is 5.17. The number of nitrogens with zero attached hydrogens (tertiary/aromatic N) is 5. The van der Waals surface area contributed by atoms with Crippen LogP contribution in [0.1, 0.15) is 56.2 Å². The lowest BCUT2D eigenvalue weighted by Crippen LogP contribution is -2.41. The van der Waals surface area contributed by atoms with Gasteiger partial charge in [-0.1, -0.05) is 37.3 Å². The van der Waals surface area contributed by atoms with Crippen molar-refractivity contribution in [3.63, 3.8) is 0 Å². The largest absolute Gasteiger partial charge is 0.357 e. The summed E-state index contributed by atoms with van der Waals surface area (Å²) in [6.45, 7) is 10.6. The Morgan fingerprint density at radius 1 is 1.16 bits per heavy atom. The van der Waals surface area contributed by atoms with Crippen molar-refractivity contribution in [2.24, 2.45) is 18.0 Å². The molecule has 0 saturated carbocycles. The van der Waals surface area contributed by atoms with Crippen molar-refractivity contribution in [3.05, 3.63) is 53.9 Å². The van der Waals surface area contributed by atoms with Gasteiger partial charge in [-0.3, -0.25) is 14.6 Å². The van der Waals surface area contributed by atoms with E-state index in [0.717, 1.165) is 44.5 Å². The number of rotatable bonds is 6. The molecule has 2 unspecified atom stereocenters. The first-order valence-corrected chi connectivity index (χ1v) is 11.9. The van der Waals surface area contributed by atoms with Crippen LogP contribution < -0.4 is 5.32 Å². The maximum absolute atomic E-state index is 5.17. The zero-order valence-electron chi connectivity index (χ0n) is 19.4. The van der Waals surface area contributed by atoms with Gasteiger partial charge in [-0.25, -0.2) is 0 Å². The predicted molar refractivity (Wildman–Crippen MR) is 127 cm³/mol. The number of nitrogens with one attached hydrogen (secondary N) is 1. The highest BCUT2D eigenvalue weighted by atomic mass is 15.3. The van der Waals surface area contributed by atoms with E-state index in [0.29, 0.717) is 12.0 Å². The van der Waals surface area contributed by atoms with Gasteiger partial charge in [0.2, 0.25) is 0 Å². The van der Waals surface area contributed by atoms with E-state index in [1.54, 1.807) is 0 Å². The first-order valence-electron chi connectivity index (χ1n) is 11.9. The van der Waals surface area contributed by atoms with Crippen LogP contribution in [0.15, 0.2) is 47.7 Å². The van der Waals surface area contributed by atoms with E-state index >= 15 is 0 Å². The Morgan fingerprint density at radius 2 is 1.94 bits per heavy atom. The van der Waals surface area contributed by atoms with Crippen LogP contribution in [0.3, 0.4) is 0 Å². The third-order valence-corrected chi connectivity index (χ3v) is 6.88. The normalized spacial score (nSPS) is 22.1. The van der Waals surface area contributed by atoms with Gasteiger partial charge in [0.15, 0.2) is 5.96 Å². The van der Waals surface area contributed by atoms with Gasteiger partial charge in [0.05, 0.1) is 18.8 Å². The summed E-state index contributed by atoms with van der Waals surface area (Å²) >= 11 is 0. The van der Waals surface area contributed by atoms with Crippen LogP contribution >= 0.6 is 0 Å². The number of piperidine rings is 1. The molecule has 2 saturated heterocycles. The fourth-order valence-corrected chi connectivity index (χ4v) is 4.92. The average molecular weight is 423 g/mol. The van der Waals surface area contributed by atoms with E-state index in [1.165, 1.54) is 37.1 Å². The molecule has 1 aromatic heterocycles. The molecule has 6 nitrogen and oxygen atoms in total. The van der Waals surface area contributed by atoms with Gasteiger partial charge < -0.3 is 10.2 Å². The van der Waals surface area contributed by atoms with Gasteiger partial charge in [-0.05, 0) is 56.3 Å². The summed E-state index contributed by atoms with van der Waals surface area (Å²) < 4.78 is 1.90. The number of likely N-dealkylation sites (tertiary alicyclic amines) is 2. The minimum absolute atomic E-state index is 0.346. The van der Waals surface area contributed by atoms with Crippen LogP contribution in [-0.4, -0.2) is 64.8 Å². The monoisotopic (exact) mass is 422 g/mol. The number of benzene rings is 1. The lowest BCUT2D eigenvalue weighted by atomic mass is 9.96. The summed E-state index contributed by atoms with van der Waals surface area (Å²) in [7, 11) is 1.99. The molecule has 0 amide bonds. The SMILES string of the molecule is CCNC(=NCC(c1ccccc1)N1CCC(C)CC1)N1CCC(c2cnn(C)c2)C1. The fourth-order valence-electron chi connectivity index (χ4n) is 4.92. The molecule has 6 heteroatoms. The number of aryl methyl sites for hydroxylation is 1. The van der Waals surface area contributed by atoms with Crippen LogP contribution in [0.4, 0.5) is 0 Å². The lowest BCUT2D eigenvalue weighted by Gasteiger charge is -2.36. The summed E-state index contributed by atoms with van der Waals surface area (Å²) in [4.78, 5) is 10.2. The van der Waals surface area contributed by atoms with Gasteiger partial charge in [-0.2, -0.15) is 5.10 Å². The Labute approximate surface area is 187 Å². The smallest absolute Gasteiger partial charge is 0.194 e. The second-order valence-electron chi connectivity index (χ2n) is 9.22. The molecule has 3 heterocycles. The van der Waals surface area contributed by atoms with Gasteiger partial charge in [0, 0.05) is 38.8 Å². The molecular formula is C25H38N6. The second-order valence-corrected chi connectivity index (χ2v) is 9.22. The average Bonchev–Trinajstić information content (AvgIpc) is 3.44. The molecule has 2 atom stereocenters. The summed E-state index contributed by atoms with van der Waals surface area (Å²) in [6.07, 6.45) is 7.89. The zero-order chi connectivity index (χ0) is 21.6. The molecule has 2 aromatic rings. The second kappa shape index (κ2) is 10.3. The maximum Gasteiger partial charge on any atom is 0.194 e. The number of hydrogen-bond acceptors (Lipinski definition) is 3. The van der Waals surface area contributed by atoms with Crippen LogP contribution in [-0.2, 0) is 7.05 Å². The first kappa shape index (κ1) is 21.9. The molecule has 2 fully saturated rings. The van der Waals surface area contributed by atoms with Gasteiger partial charge in [0.1, 0.15) is 0 Å². The molecule has 31 heavy (non-hydrogen) atoms. The Hall–Kier alpha value is -2.34. The van der Waals surface area contributed by atoms with Crippen LogP contribution in [0.25, 0.3) is 0 Å². The van der Waals surface area contributed by atoms with Crippen LogP contribution in [0.2, 0.25) is 0 Å². The molecule has 0 bridgehead atoms. The molecule has 168 valence electrons. The molecule has 0 aliphatic carbocycles. The van der Waals surface area contributed by atoms with E-state index in [1.807, 2.05) is 17.9 Å². The summed E-state index contributed by atoms with van der Waals surface area (Å²) in [5.41, 5.74) is 2.72. The standard InChI is InChI=1S/C25H38N6/c1-4-26-25(31-15-12-22(19-31)23-16-28-29(3)18-23)27-17-24(21-8-6-5-7-9-21)30-13-10-20(2)11-14-30/h5-9,16,18,20,22,24H,4,10-15,17,19H2,1-3H3,(H,26,27). The highest BCUT2D eigenvalue weighted by Gasteiger charge is 2.28. The molecule has 1 aromatic carbocycles. The van der Waals surface area contributed by atoms with E-state index in [4.69, 9.17) is 4.99 Å². The van der Waals surface area contributed by atoms with Crippen molar-refractivity contribution in [2.45, 2.75) is 45.1 Å². The Bertz CT molecular complexity index is 837. The fraction of sp³-hybridized carbons (Fsp3) is 0.600. The Balaban J connectivity index is 1.48. The van der Waals surface area contributed by atoms with E-state index in [9.17, 15) is 0 Å². The Kier molecular flexibility index (Phi) is 7.28. The minimum atomic E-state index is 0.346. The van der Waals surface area contributed by atoms with Crippen molar-refractivity contribution in [1.29, 1.82) is 0 Å². The summed E-state index contributed by atoms with van der Waals surface area (Å²) in [5.74, 6) is 2.42. The topological polar surface area (TPSA) is 48.7 Å². The zero-order valence-corrected chi connectivity index (χ0v) is 19.4. The summed E-state index contributed by atoms with van der Waals surface area (Å²) in [6, 6.07) is 11.3. The molecule has 1 N–H and O–H groups in total. The third kappa shape index (κ3) is 5.48. The summed E-state index contributed by atoms with van der Waals surface area (Å²) in [5, 5.41) is 7.92. The molecule has 0 spiro atoms. The Morgan fingerprint density at radius 3 is 2.61 bits per heavy atom. The van der Waals surface area contributed by atoms with Crippen LogP contribution in [0.5, 0.6) is 0 Å². The number of guanidine groups is 1. The van der Waals surface area contributed by atoms with E-state index < -0.39 is 0 Å². The predicted octanol–water partition coefficient (Wildman–Crippen LogP) is 3.65. The minimum Gasteiger partial charge on any atom is -0.357 e. The van der Waals surface area contributed by atoms with E-state index in [2.05, 4.69) is 70.6 Å².